The Morgan fingerprint density at radius 2 is 1.76 bits per heavy atom. The van der Waals surface area contributed by atoms with Crippen LogP contribution in [-0.4, -0.2) is 18.0 Å². The van der Waals surface area contributed by atoms with E-state index in [0.717, 1.165) is 20.9 Å². The molecule has 2 rings (SSSR count). The number of hydrogen-bond acceptors (Lipinski definition) is 5. The molecule has 0 atom stereocenters. The minimum atomic E-state index is -0.460. The standard InChI is InChI=1S/C17H15Br2NO5/c1-24-16(21)4-2-3-11-9-14(18)17(15(19)10-11)25-13-7-5-12(6-8-13)20(22)23/h5-10H,2-4H2,1H3. The zero-order valence-corrected chi connectivity index (χ0v) is 16.5. The molecule has 0 aromatic heterocycles. The van der Waals surface area contributed by atoms with Crippen molar-refractivity contribution in [3.05, 3.63) is 61.0 Å². The second-order valence-corrected chi connectivity index (χ2v) is 6.88. The summed E-state index contributed by atoms with van der Waals surface area (Å²) in [6.07, 6.45) is 1.78. The molecule has 8 heteroatoms. The highest BCUT2D eigenvalue weighted by Gasteiger charge is 2.12. The lowest BCUT2D eigenvalue weighted by molar-refractivity contribution is -0.384. The maximum absolute atomic E-state index is 11.2. The monoisotopic (exact) mass is 471 g/mol. The molecule has 132 valence electrons. The number of halogens is 2. The van der Waals surface area contributed by atoms with Gasteiger partial charge in [-0.05, 0) is 74.5 Å². The first-order valence-electron chi connectivity index (χ1n) is 7.37. The predicted molar refractivity (Wildman–Crippen MR) is 100.0 cm³/mol. The summed E-state index contributed by atoms with van der Waals surface area (Å²) in [5.74, 6) is 0.840. The molecule has 0 N–H and O–H groups in total. The lowest BCUT2D eigenvalue weighted by atomic mass is 10.1. The van der Waals surface area contributed by atoms with E-state index in [1.807, 2.05) is 12.1 Å². The van der Waals surface area contributed by atoms with Gasteiger partial charge in [-0.15, -0.1) is 0 Å². The van der Waals surface area contributed by atoms with Crippen molar-refractivity contribution >= 4 is 43.5 Å². The number of rotatable bonds is 7. The van der Waals surface area contributed by atoms with E-state index in [0.29, 0.717) is 24.3 Å². The number of nitro benzene ring substituents is 1. The number of ether oxygens (including phenoxy) is 2. The Kier molecular flexibility index (Phi) is 6.95. The number of nitro groups is 1. The lowest BCUT2D eigenvalue weighted by Gasteiger charge is -2.12. The van der Waals surface area contributed by atoms with Crippen LogP contribution in [0.2, 0.25) is 0 Å². The summed E-state index contributed by atoms with van der Waals surface area (Å²) in [5.41, 5.74) is 1.05. The molecule has 25 heavy (non-hydrogen) atoms. The Hall–Kier alpha value is -1.93. The molecule has 0 aliphatic carbocycles. The SMILES string of the molecule is COC(=O)CCCc1cc(Br)c(Oc2ccc([N+](=O)[O-])cc2)c(Br)c1. The van der Waals surface area contributed by atoms with Crippen LogP contribution in [0.1, 0.15) is 18.4 Å². The van der Waals surface area contributed by atoms with Gasteiger partial charge in [-0.2, -0.15) is 0 Å². The molecule has 0 unspecified atom stereocenters. The number of carbonyl (C=O) groups excluding carboxylic acids is 1. The van der Waals surface area contributed by atoms with E-state index >= 15 is 0 Å². The normalized spacial score (nSPS) is 10.4. The van der Waals surface area contributed by atoms with Crippen molar-refractivity contribution in [1.29, 1.82) is 0 Å². The molecular weight excluding hydrogens is 458 g/mol. The molecule has 0 saturated carbocycles. The number of aryl methyl sites for hydroxylation is 1. The largest absolute Gasteiger partial charge is 0.469 e. The average Bonchev–Trinajstić information content (AvgIpc) is 2.58. The van der Waals surface area contributed by atoms with Gasteiger partial charge in [-0.3, -0.25) is 14.9 Å². The highest BCUT2D eigenvalue weighted by Crippen LogP contribution is 2.38. The van der Waals surface area contributed by atoms with E-state index in [-0.39, 0.29) is 11.7 Å². The third kappa shape index (κ3) is 5.54. The van der Waals surface area contributed by atoms with Crippen molar-refractivity contribution in [3.8, 4) is 11.5 Å². The second-order valence-electron chi connectivity index (χ2n) is 5.17. The van der Waals surface area contributed by atoms with Gasteiger partial charge in [0.25, 0.3) is 5.69 Å². The van der Waals surface area contributed by atoms with E-state index in [2.05, 4.69) is 36.6 Å². The first-order chi connectivity index (χ1) is 11.9. The fraction of sp³-hybridized carbons (Fsp3) is 0.235. The summed E-state index contributed by atoms with van der Waals surface area (Å²) in [4.78, 5) is 21.4. The average molecular weight is 473 g/mol. The summed E-state index contributed by atoms with van der Waals surface area (Å²) in [5, 5.41) is 10.7. The topological polar surface area (TPSA) is 78.7 Å². The van der Waals surface area contributed by atoms with E-state index < -0.39 is 4.92 Å². The number of esters is 1. The summed E-state index contributed by atoms with van der Waals surface area (Å²) < 4.78 is 11.9. The van der Waals surface area contributed by atoms with Crippen molar-refractivity contribution in [2.45, 2.75) is 19.3 Å². The number of non-ortho nitro benzene ring substituents is 1. The third-order valence-electron chi connectivity index (χ3n) is 3.40. The second kappa shape index (κ2) is 8.96. The summed E-state index contributed by atoms with van der Waals surface area (Å²) in [7, 11) is 1.37. The van der Waals surface area contributed by atoms with Crippen molar-refractivity contribution in [3.63, 3.8) is 0 Å². The minimum absolute atomic E-state index is 0.00596. The van der Waals surface area contributed by atoms with Gasteiger partial charge < -0.3 is 9.47 Å². The smallest absolute Gasteiger partial charge is 0.305 e. The predicted octanol–water partition coefficient (Wildman–Crippen LogP) is 5.41. The molecule has 0 aliphatic heterocycles. The Morgan fingerprint density at radius 1 is 1.16 bits per heavy atom. The van der Waals surface area contributed by atoms with Gasteiger partial charge in [0.1, 0.15) is 5.75 Å². The van der Waals surface area contributed by atoms with Crippen LogP contribution >= 0.6 is 31.9 Å². The molecule has 0 heterocycles. The highest BCUT2D eigenvalue weighted by molar-refractivity contribution is 9.11. The van der Waals surface area contributed by atoms with E-state index in [9.17, 15) is 14.9 Å². The molecule has 0 fully saturated rings. The van der Waals surface area contributed by atoms with Crippen molar-refractivity contribution in [2.24, 2.45) is 0 Å². The van der Waals surface area contributed by atoms with Gasteiger partial charge in [-0.25, -0.2) is 0 Å². The number of hydrogen-bond donors (Lipinski definition) is 0. The van der Waals surface area contributed by atoms with Crippen LogP contribution in [0.4, 0.5) is 5.69 Å². The van der Waals surface area contributed by atoms with Crippen molar-refractivity contribution < 1.29 is 19.2 Å². The van der Waals surface area contributed by atoms with Gasteiger partial charge >= 0.3 is 5.97 Å². The summed E-state index contributed by atoms with van der Waals surface area (Å²) in [6.45, 7) is 0. The number of methoxy groups -OCH3 is 1. The lowest BCUT2D eigenvalue weighted by Crippen LogP contribution is -2.00. The maximum atomic E-state index is 11.2. The molecule has 0 saturated heterocycles. The molecule has 0 aliphatic rings. The Morgan fingerprint density at radius 3 is 2.28 bits per heavy atom. The van der Waals surface area contributed by atoms with Gasteiger partial charge in [-0.1, -0.05) is 0 Å². The first kappa shape index (κ1) is 19.4. The van der Waals surface area contributed by atoms with Crippen LogP contribution in [0.25, 0.3) is 0 Å². The zero-order chi connectivity index (χ0) is 18.4. The van der Waals surface area contributed by atoms with Crippen LogP contribution in [0.3, 0.4) is 0 Å². The Balaban J connectivity index is 2.08. The molecule has 0 bridgehead atoms. The van der Waals surface area contributed by atoms with E-state index in [4.69, 9.17) is 4.74 Å². The third-order valence-corrected chi connectivity index (χ3v) is 4.58. The molecule has 6 nitrogen and oxygen atoms in total. The maximum Gasteiger partial charge on any atom is 0.305 e. The summed E-state index contributed by atoms with van der Waals surface area (Å²) in [6, 6.07) is 9.70. The van der Waals surface area contributed by atoms with Crippen LogP contribution in [0.5, 0.6) is 11.5 Å². The van der Waals surface area contributed by atoms with Gasteiger partial charge in [0.15, 0.2) is 5.75 Å². The molecule has 2 aromatic rings. The fourth-order valence-corrected chi connectivity index (χ4v) is 3.59. The van der Waals surface area contributed by atoms with Crippen LogP contribution in [0, 0.1) is 10.1 Å². The van der Waals surface area contributed by atoms with Crippen molar-refractivity contribution in [1.82, 2.24) is 0 Å². The number of benzene rings is 2. The molecule has 0 radical (unpaired) electrons. The van der Waals surface area contributed by atoms with E-state index in [1.54, 1.807) is 12.1 Å². The van der Waals surface area contributed by atoms with Crippen LogP contribution < -0.4 is 4.74 Å². The highest BCUT2D eigenvalue weighted by atomic mass is 79.9. The number of carbonyl (C=O) groups is 1. The molecule has 0 amide bonds. The van der Waals surface area contributed by atoms with Gasteiger partial charge in [0.05, 0.1) is 21.0 Å². The zero-order valence-electron chi connectivity index (χ0n) is 13.3. The molecular formula is C17H15Br2NO5. The van der Waals surface area contributed by atoms with Gasteiger partial charge in [0.2, 0.25) is 0 Å². The fourth-order valence-electron chi connectivity index (χ4n) is 2.15. The Labute approximate surface area is 161 Å². The molecule has 0 spiro atoms. The molecule has 2 aromatic carbocycles. The quantitative estimate of drug-likeness (QED) is 0.306. The summed E-state index contributed by atoms with van der Waals surface area (Å²) >= 11 is 6.95. The Bertz CT molecular complexity index is 754. The minimum Gasteiger partial charge on any atom is -0.469 e. The van der Waals surface area contributed by atoms with Crippen molar-refractivity contribution in [2.75, 3.05) is 7.11 Å². The van der Waals surface area contributed by atoms with Crippen LogP contribution in [0.15, 0.2) is 45.3 Å². The first-order valence-corrected chi connectivity index (χ1v) is 8.96. The van der Waals surface area contributed by atoms with Gasteiger partial charge in [0, 0.05) is 18.6 Å². The van der Waals surface area contributed by atoms with E-state index in [1.165, 1.54) is 19.2 Å². The van der Waals surface area contributed by atoms with Crippen LogP contribution in [-0.2, 0) is 16.0 Å². The number of nitrogens with zero attached hydrogens (tertiary/aromatic N) is 1.